The number of fused-ring (bicyclic) bond motifs is 1. The molecule has 0 unspecified atom stereocenters. The quantitative estimate of drug-likeness (QED) is 0.665. The Bertz CT molecular complexity index is 970. The monoisotopic (exact) mass is 338 g/mol. The minimum atomic E-state index is -0.957. The third kappa shape index (κ3) is 2.29. The van der Waals surface area contributed by atoms with E-state index in [1.807, 2.05) is 0 Å². The van der Waals surface area contributed by atoms with Gasteiger partial charge in [-0.25, -0.2) is 4.79 Å². The Morgan fingerprint density at radius 3 is 2.36 bits per heavy atom. The Kier molecular flexibility index (Phi) is 3.21. The van der Waals surface area contributed by atoms with Crippen LogP contribution in [0.4, 0.5) is 0 Å². The van der Waals surface area contributed by atoms with E-state index in [2.05, 4.69) is 10.3 Å². The zero-order chi connectivity index (χ0) is 17.6. The molecule has 0 aliphatic carbocycles. The van der Waals surface area contributed by atoms with Crippen LogP contribution in [0.1, 0.15) is 31.2 Å². The van der Waals surface area contributed by atoms with Crippen LogP contribution in [0.25, 0.3) is 11.3 Å². The maximum Gasteiger partial charge on any atom is 0.384 e. The van der Waals surface area contributed by atoms with Gasteiger partial charge in [-0.3, -0.25) is 14.3 Å². The fourth-order valence-electron chi connectivity index (χ4n) is 2.55. The normalized spacial score (nSPS) is 13.2. The minimum Gasteiger partial charge on any atom is -0.356 e. The highest BCUT2D eigenvalue weighted by molar-refractivity contribution is 6.21. The van der Waals surface area contributed by atoms with Crippen LogP contribution < -0.4 is 0 Å². The second kappa shape index (κ2) is 5.41. The first-order valence-corrected chi connectivity index (χ1v) is 7.21. The van der Waals surface area contributed by atoms with Crippen LogP contribution in [0, 0.1) is 0 Å². The van der Waals surface area contributed by atoms with Gasteiger partial charge >= 0.3 is 5.97 Å². The van der Waals surface area contributed by atoms with Crippen molar-refractivity contribution in [3.8, 4) is 11.3 Å². The lowest BCUT2D eigenvalue weighted by atomic mass is 10.1. The molecular weight excluding hydrogens is 328 g/mol. The van der Waals surface area contributed by atoms with Gasteiger partial charge in [-0.2, -0.15) is 5.10 Å². The first-order chi connectivity index (χ1) is 12.1. The molecule has 0 fully saturated rings. The Morgan fingerprint density at radius 2 is 1.76 bits per heavy atom. The molecule has 2 aromatic heterocycles. The highest BCUT2D eigenvalue weighted by Gasteiger charge is 2.39. The van der Waals surface area contributed by atoms with E-state index >= 15 is 0 Å². The lowest BCUT2D eigenvalue weighted by molar-refractivity contribution is -0.0588. The van der Waals surface area contributed by atoms with Crippen molar-refractivity contribution in [2.45, 2.75) is 0 Å². The number of carbonyl (C=O) groups is 3. The predicted octanol–water partition coefficient (Wildman–Crippen LogP) is 1.44. The van der Waals surface area contributed by atoms with Gasteiger partial charge in [0, 0.05) is 19.3 Å². The summed E-state index contributed by atoms with van der Waals surface area (Å²) in [6.07, 6.45) is 2.96. The third-order valence-corrected chi connectivity index (χ3v) is 3.66. The average Bonchev–Trinajstić information content (AvgIpc) is 3.31. The van der Waals surface area contributed by atoms with E-state index in [0.717, 1.165) is 0 Å². The molecule has 0 saturated heterocycles. The van der Waals surface area contributed by atoms with Gasteiger partial charge in [0.25, 0.3) is 11.8 Å². The van der Waals surface area contributed by atoms with E-state index in [4.69, 9.17) is 9.36 Å². The molecule has 0 spiro atoms. The minimum absolute atomic E-state index is 0.101. The number of aromatic nitrogens is 3. The van der Waals surface area contributed by atoms with E-state index < -0.39 is 17.8 Å². The molecule has 3 aromatic rings. The number of rotatable bonds is 3. The Morgan fingerprint density at radius 1 is 1.08 bits per heavy atom. The maximum absolute atomic E-state index is 12.5. The van der Waals surface area contributed by atoms with Crippen LogP contribution in [0.3, 0.4) is 0 Å². The van der Waals surface area contributed by atoms with E-state index in [0.29, 0.717) is 16.4 Å². The molecule has 124 valence electrons. The molecule has 0 radical (unpaired) electrons. The molecule has 0 saturated carbocycles. The summed E-state index contributed by atoms with van der Waals surface area (Å²) in [5.41, 5.74) is 0.589. The number of aryl methyl sites for hydroxylation is 1. The average molecular weight is 338 g/mol. The highest BCUT2D eigenvalue weighted by Crippen LogP contribution is 2.26. The van der Waals surface area contributed by atoms with E-state index in [1.54, 1.807) is 31.4 Å². The van der Waals surface area contributed by atoms with Crippen molar-refractivity contribution in [2.75, 3.05) is 0 Å². The van der Waals surface area contributed by atoms with Gasteiger partial charge < -0.3 is 9.36 Å². The molecular formula is C16H10N4O5. The van der Waals surface area contributed by atoms with Gasteiger partial charge in [0.1, 0.15) is 0 Å². The van der Waals surface area contributed by atoms with Gasteiger partial charge in [0.15, 0.2) is 11.5 Å². The largest absolute Gasteiger partial charge is 0.384 e. The summed E-state index contributed by atoms with van der Waals surface area (Å²) in [5.74, 6) is -2.05. The number of carbonyl (C=O) groups excluding carboxylic acids is 3. The van der Waals surface area contributed by atoms with E-state index in [-0.39, 0.29) is 16.8 Å². The van der Waals surface area contributed by atoms with Gasteiger partial charge in [0.05, 0.1) is 22.9 Å². The van der Waals surface area contributed by atoms with Crippen molar-refractivity contribution in [2.24, 2.45) is 7.05 Å². The smallest absolute Gasteiger partial charge is 0.356 e. The molecule has 25 heavy (non-hydrogen) atoms. The third-order valence-electron chi connectivity index (χ3n) is 3.66. The number of nitrogens with zero attached hydrogens (tertiary/aromatic N) is 4. The molecule has 9 nitrogen and oxygen atoms in total. The van der Waals surface area contributed by atoms with Crippen molar-refractivity contribution in [1.29, 1.82) is 0 Å². The topological polar surface area (TPSA) is 108 Å². The SMILES string of the molecule is Cn1cc(-c2ccno2)c(C(=O)ON2C(=O)c3ccccc3C2=O)n1. The van der Waals surface area contributed by atoms with Crippen LogP contribution in [-0.4, -0.2) is 37.8 Å². The van der Waals surface area contributed by atoms with Crippen molar-refractivity contribution in [3.05, 3.63) is 59.5 Å². The van der Waals surface area contributed by atoms with Gasteiger partial charge in [0.2, 0.25) is 0 Å². The Labute approximate surface area is 140 Å². The van der Waals surface area contributed by atoms with Gasteiger partial charge in [-0.15, -0.1) is 0 Å². The summed E-state index contributed by atoms with van der Waals surface area (Å²) < 4.78 is 6.41. The summed E-state index contributed by atoms with van der Waals surface area (Å²) >= 11 is 0. The number of hydrogen-bond donors (Lipinski definition) is 0. The second-order valence-electron chi connectivity index (χ2n) is 5.27. The number of benzene rings is 1. The lowest BCUT2D eigenvalue weighted by Crippen LogP contribution is -2.33. The lowest BCUT2D eigenvalue weighted by Gasteiger charge is -2.11. The van der Waals surface area contributed by atoms with E-state index in [1.165, 1.54) is 23.0 Å². The Hall–Kier alpha value is -3.75. The van der Waals surface area contributed by atoms with Gasteiger partial charge in [-0.1, -0.05) is 22.4 Å². The fourth-order valence-corrected chi connectivity index (χ4v) is 2.55. The van der Waals surface area contributed by atoms with Crippen LogP contribution in [-0.2, 0) is 11.9 Å². The number of imide groups is 1. The molecule has 9 heteroatoms. The van der Waals surface area contributed by atoms with Crippen molar-refractivity contribution in [3.63, 3.8) is 0 Å². The van der Waals surface area contributed by atoms with Gasteiger partial charge in [-0.05, 0) is 12.1 Å². The molecule has 3 heterocycles. The van der Waals surface area contributed by atoms with Crippen LogP contribution in [0.2, 0.25) is 0 Å². The van der Waals surface area contributed by atoms with Crippen LogP contribution >= 0.6 is 0 Å². The van der Waals surface area contributed by atoms with E-state index in [9.17, 15) is 14.4 Å². The standard InChI is InChI=1S/C16H10N4O5/c1-19-8-11(12-6-7-17-24-12)13(18-19)16(23)25-20-14(21)9-4-2-3-5-10(9)15(20)22/h2-8H,1H3. The molecule has 0 bridgehead atoms. The first-order valence-electron chi connectivity index (χ1n) is 7.21. The summed E-state index contributed by atoms with van der Waals surface area (Å²) in [7, 11) is 1.61. The number of amides is 2. The maximum atomic E-state index is 12.5. The fraction of sp³-hybridized carbons (Fsp3) is 0.0625. The molecule has 4 rings (SSSR count). The Balaban J connectivity index is 1.64. The van der Waals surface area contributed by atoms with Crippen LogP contribution in [0.15, 0.2) is 47.2 Å². The summed E-state index contributed by atoms with van der Waals surface area (Å²) in [6, 6.07) is 7.77. The van der Waals surface area contributed by atoms with Crippen molar-refractivity contribution < 1.29 is 23.7 Å². The molecule has 2 amide bonds. The zero-order valence-corrected chi connectivity index (χ0v) is 12.9. The number of hydroxylamine groups is 2. The molecule has 1 aliphatic rings. The highest BCUT2D eigenvalue weighted by atomic mass is 16.7. The predicted molar refractivity (Wildman–Crippen MR) is 81.1 cm³/mol. The summed E-state index contributed by atoms with van der Waals surface area (Å²) in [5, 5.41) is 8.03. The van der Waals surface area contributed by atoms with Crippen molar-refractivity contribution in [1.82, 2.24) is 20.0 Å². The van der Waals surface area contributed by atoms with Crippen molar-refractivity contribution >= 4 is 17.8 Å². The molecule has 1 aliphatic heterocycles. The number of hydrogen-bond acceptors (Lipinski definition) is 7. The first kappa shape index (κ1) is 14.8. The molecule has 0 atom stereocenters. The zero-order valence-electron chi connectivity index (χ0n) is 12.9. The summed E-state index contributed by atoms with van der Waals surface area (Å²) in [4.78, 5) is 42.0. The van der Waals surface area contributed by atoms with Crippen LogP contribution in [0.5, 0.6) is 0 Å². The molecule has 0 N–H and O–H groups in total. The summed E-state index contributed by atoms with van der Waals surface area (Å²) in [6.45, 7) is 0. The second-order valence-corrected chi connectivity index (χ2v) is 5.27. The molecule has 1 aromatic carbocycles.